The normalized spacial score (nSPS) is 20.5. The largest absolute Gasteiger partial charge is 0.491 e. The second kappa shape index (κ2) is 10.2. The molecule has 3 unspecified atom stereocenters. The highest BCUT2D eigenvalue weighted by molar-refractivity contribution is 5.85. The third-order valence-corrected chi connectivity index (χ3v) is 4.76. The average Bonchev–Trinajstić information content (AvgIpc) is 2.66. The van der Waals surface area contributed by atoms with Gasteiger partial charge in [0.2, 0.25) is 5.91 Å². The summed E-state index contributed by atoms with van der Waals surface area (Å²) in [5.74, 6) is 0.893. The van der Waals surface area contributed by atoms with Crippen molar-refractivity contribution in [3.63, 3.8) is 0 Å². The molecule has 3 rings (SSSR count). The van der Waals surface area contributed by atoms with Gasteiger partial charge in [0.25, 0.3) is 0 Å². The van der Waals surface area contributed by atoms with E-state index < -0.39 is 0 Å². The van der Waals surface area contributed by atoms with Crippen molar-refractivity contribution >= 4 is 18.3 Å². The van der Waals surface area contributed by atoms with Crippen LogP contribution in [0.3, 0.4) is 0 Å². The maximum absolute atomic E-state index is 12.7. The lowest BCUT2D eigenvalue weighted by atomic mass is 9.85. The maximum Gasteiger partial charge on any atom is 0.223 e. The quantitative estimate of drug-likeness (QED) is 0.806. The van der Waals surface area contributed by atoms with Crippen molar-refractivity contribution in [3.05, 3.63) is 66.2 Å². The van der Waals surface area contributed by atoms with Crippen LogP contribution in [-0.2, 0) is 4.79 Å². The summed E-state index contributed by atoms with van der Waals surface area (Å²) in [5.41, 5.74) is 7.08. The van der Waals surface area contributed by atoms with Crippen LogP contribution in [0, 0.1) is 5.92 Å². The highest BCUT2D eigenvalue weighted by Crippen LogP contribution is 2.25. The van der Waals surface area contributed by atoms with Gasteiger partial charge in [-0.3, -0.25) is 4.79 Å². The van der Waals surface area contributed by atoms with E-state index in [9.17, 15) is 4.79 Å². The van der Waals surface area contributed by atoms with Gasteiger partial charge in [0.05, 0.1) is 6.04 Å². The molecule has 2 aromatic carbocycles. The highest BCUT2D eigenvalue weighted by atomic mass is 35.5. The van der Waals surface area contributed by atoms with E-state index in [-0.39, 0.29) is 36.3 Å². The highest BCUT2D eigenvalue weighted by Gasteiger charge is 2.27. The summed E-state index contributed by atoms with van der Waals surface area (Å²) in [5, 5.41) is 3.17. The Morgan fingerprint density at radius 1 is 1.08 bits per heavy atom. The van der Waals surface area contributed by atoms with Gasteiger partial charge in [-0.05, 0) is 37.0 Å². The van der Waals surface area contributed by atoms with Crippen LogP contribution in [0.4, 0.5) is 0 Å². The van der Waals surface area contributed by atoms with Crippen LogP contribution in [0.2, 0.25) is 0 Å². The molecule has 0 bridgehead atoms. The lowest BCUT2D eigenvalue weighted by Gasteiger charge is -2.28. The summed E-state index contributed by atoms with van der Waals surface area (Å²) < 4.78 is 5.89. The molecule has 26 heavy (non-hydrogen) atoms. The van der Waals surface area contributed by atoms with E-state index in [0.29, 0.717) is 6.61 Å². The van der Waals surface area contributed by atoms with Gasteiger partial charge >= 0.3 is 0 Å². The molecule has 3 atom stereocenters. The van der Waals surface area contributed by atoms with E-state index >= 15 is 0 Å². The Morgan fingerprint density at radius 3 is 2.38 bits per heavy atom. The van der Waals surface area contributed by atoms with Gasteiger partial charge in [0.1, 0.15) is 12.4 Å². The Morgan fingerprint density at radius 2 is 1.73 bits per heavy atom. The molecule has 0 aliphatic heterocycles. The number of nitrogens with one attached hydrogen (secondary N) is 1. The Labute approximate surface area is 161 Å². The third-order valence-electron chi connectivity index (χ3n) is 4.76. The van der Waals surface area contributed by atoms with E-state index in [4.69, 9.17) is 10.5 Å². The van der Waals surface area contributed by atoms with Crippen LogP contribution in [0.1, 0.15) is 37.3 Å². The minimum absolute atomic E-state index is 0. The Hall–Kier alpha value is -2.04. The Balaban J connectivity index is 0.00000243. The van der Waals surface area contributed by atoms with Crippen molar-refractivity contribution in [1.29, 1.82) is 0 Å². The molecule has 1 fully saturated rings. The molecule has 1 aliphatic rings. The molecule has 0 aromatic heterocycles. The maximum atomic E-state index is 12.7. The fraction of sp³-hybridized carbons (Fsp3) is 0.381. The van der Waals surface area contributed by atoms with Gasteiger partial charge < -0.3 is 15.8 Å². The summed E-state index contributed by atoms with van der Waals surface area (Å²) in [4.78, 5) is 12.7. The van der Waals surface area contributed by atoms with Gasteiger partial charge in [-0.15, -0.1) is 12.4 Å². The molecule has 2 aromatic rings. The van der Waals surface area contributed by atoms with Crippen molar-refractivity contribution in [3.8, 4) is 5.75 Å². The molecule has 0 spiro atoms. The standard InChI is InChI=1S/C21H26N2O2.ClH/c22-18-11-7-10-17(14-18)21(24)23-20(16-8-3-1-4-9-16)15-25-19-12-5-2-6-13-19;/h1-6,8-9,12-13,17-18,20H,7,10-11,14-15,22H2,(H,23,24);1H. The van der Waals surface area contributed by atoms with E-state index in [2.05, 4.69) is 5.32 Å². The average molecular weight is 375 g/mol. The molecule has 3 N–H and O–H groups in total. The molecule has 0 heterocycles. The summed E-state index contributed by atoms with van der Waals surface area (Å²) in [6, 6.07) is 19.6. The molecule has 5 heteroatoms. The fourth-order valence-corrected chi connectivity index (χ4v) is 3.36. The molecule has 1 amide bonds. The van der Waals surface area contributed by atoms with Gasteiger partial charge in [0.15, 0.2) is 0 Å². The number of hydrogen-bond donors (Lipinski definition) is 2. The van der Waals surface area contributed by atoms with Crippen LogP contribution >= 0.6 is 12.4 Å². The summed E-state index contributed by atoms with van der Waals surface area (Å²) >= 11 is 0. The first kappa shape index (κ1) is 20.3. The number of halogens is 1. The zero-order valence-electron chi connectivity index (χ0n) is 14.8. The number of rotatable bonds is 6. The van der Waals surface area contributed by atoms with Crippen LogP contribution in [-0.4, -0.2) is 18.6 Å². The SMILES string of the molecule is Cl.NC1CCCC(C(=O)NC(COc2ccccc2)c2ccccc2)C1. The van der Waals surface area contributed by atoms with Crippen molar-refractivity contribution in [2.75, 3.05) is 6.61 Å². The van der Waals surface area contributed by atoms with Crippen LogP contribution < -0.4 is 15.8 Å². The summed E-state index contributed by atoms with van der Waals surface area (Å²) in [6.07, 6.45) is 3.73. The second-order valence-corrected chi connectivity index (χ2v) is 6.72. The van der Waals surface area contributed by atoms with Crippen LogP contribution in [0.15, 0.2) is 60.7 Å². The van der Waals surface area contributed by atoms with Gasteiger partial charge in [-0.25, -0.2) is 0 Å². The van der Waals surface area contributed by atoms with Crippen molar-refractivity contribution in [2.24, 2.45) is 11.7 Å². The van der Waals surface area contributed by atoms with Crippen LogP contribution in [0.5, 0.6) is 5.75 Å². The third kappa shape index (κ3) is 5.75. The monoisotopic (exact) mass is 374 g/mol. The summed E-state index contributed by atoms with van der Waals surface area (Å²) in [6.45, 7) is 0.401. The van der Waals surface area contributed by atoms with E-state index in [0.717, 1.165) is 37.0 Å². The fourth-order valence-electron chi connectivity index (χ4n) is 3.36. The topological polar surface area (TPSA) is 64.4 Å². The molecule has 1 aliphatic carbocycles. The van der Waals surface area contributed by atoms with Crippen molar-refractivity contribution < 1.29 is 9.53 Å². The number of nitrogens with two attached hydrogens (primary N) is 1. The molecular weight excluding hydrogens is 348 g/mol. The minimum Gasteiger partial charge on any atom is -0.491 e. The van der Waals surface area contributed by atoms with E-state index in [1.165, 1.54) is 0 Å². The zero-order chi connectivity index (χ0) is 17.5. The Kier molecular flexibility index (Phi) is 7.95. The predicted molar refractivity (Wildman–Crippen MR) is 106 cm³/mol. The lowest BCUT2D eigenvalue weighted by Crippen LogP contribution is -2.40. The van der Waals surface area contributed by atoms with Crippen molar-refractivity contribution in [2.45, 2.75) is 37.8 Å². The second-order valence-electron chi connectivity index (χ2n) is 6.72. The van der Waals surface area contributed by atoms with Crippen molar-refractivity contribution in [1.82, 2.24) is 5.32 Å². The first-order chi connectivity index (χ1) is 12.2. The molecule has 1 saturated carbocycles. The zero-order valence-corrected chi connectivity index (χ0v) is 15.7. The number of amides is 1. The smallest absolute Gasteiger partial charge is 0.223 e. The number of benzene rings is 2. The molecule has 140 valence electrons. The first-order valence-corrected chi connectivity index (χ1v) is 9.01. The molecule has 0 radical (unpaired) electrons. The molecule has 4 nitrogen and oxygen atoms in total. The number of carbonyl (C=O) groups excluding carboxylic acids is 1. The molecular formula is C21H27ClN2O2. The van der Waals surface area contributed by atoms with Gasteiger partial charge in [0, 0.05) is 12.0 Å². The van der Waals surface area contributed by atoms with Crippen LogP contribution in [0.25, 0.3) is 0 Å². The molecule has 0 saturated heterocycles. The minimum atomic E-state index is -0.174. The van der Waals surface area contributed by atoms with Gasteiger partial charge in [-0.1, -0.05) is 55.0 Å². The van der Waals surface area contributed by atoms with Gasteiger partial charge in [-0.2, -0.15) is 0 Å². The predicted octanol–water partition coefficient (Wildman–Crippen LogP) is 3.86. The number of para-hydroxylation sites is 1. The number of carbonyl (C=O) groups is 1. The van der Waals surface area contributed by atoms with E-state index in [1.807, 2.05) is 60.7 Å². The number of ether oxygens (including phenoxy) is 1. The number of hydrogen-bond acceptors (Lipinski definition) is 3. The first-order valence-electron chi connectivity index (χ1n) is 9.01. The lowest BCUT2D eigenvalue weighted by molar-refractivity contribution is -0.127. The van der Waals surface area contributed by atoms with E-state index in [1.54, 1.807) is 0 Å². The summed E-state index contributed by atoms with van der Waals surface area (Å²) in [7, 11) is 0. The Bertz CT molecular complexity index is 666.